The number of carbonyl (C=O) groups excluding carboxylic acids is 1. The van der Waals surface area contributed by atoms with Gasteiger partial charge in [-0.05, 0) is 31.5 Å². The van der Waals surface area contributed by atoms with Gasteiger partial charge < -0.3 is 15.7 Å². The fourth-order valence-electron chi connectivity index (χ4n) is 2.70. The zero-order valence-electron chi connectivity index (χ0n) is 15.9. The number of benzene rings is 1. The summed E-state index contributed by atoms with van der Waals surface area (Å²) in [5, 5.41) is 16.0. The van der Waals surface area contributed by atoms with Crippen molar-refractivity contribution in [3.05, 3.63) is 63.6 Å². The van der Waals surface area contributed by atoms with Gasteiger partial charge in [0.15, 0.2) is 5.01 Å². The molecule has 2 aromatic heterocycles. The van der Waals surface area contributed by atoms with Gasteiger partial charge in [-0.3, -0.25) is 4.79 Å². The van der Waals surface area contributed by atoms with Gasteiger partial charge in [-0.1, -0.05) is 23.7 Å². The van der Waals surface area contributed by atoms with Crippen LogP contribution in [0.4, 0.5) is 10.2 Å². The number of aliphatic hydroxyl groups is 1. The molecule has 3 aromatic rings. The number of carbonyl (C=O) groups is 1. The summed E-state index contributed by atoms with van der Waals surface area (Å²) >= 11 is 7.47. The lowest BCUT2D eigenvalue weighted by molar-refractivity contribution is 0.0950. The molecule has 0 unspecified atom stereocenters. The van der Waals surface area contributed by atoms with Crippen LogP contribution in [-0.4, -0.2) is 27.0 Å². The minimum Gasteiger partial charge on any atom is -0.392 e. The first kappa shape index (κ1) is 21.2. The van der Waals surface area contributed by atoms with E-state index in [0.717, 1.165) is 10.4 Å². The quantitative estimate of drug-likeness (QED) is 0.517. The Morgan fingerprint density at radius 3 is 2.83 bits per heavy atom. The SMILES string of the molecule is CC(C)Nc1cc(-c2cnc(C(=O)NCc3cccc(F)c3CO)s2)c(Cl)cn1. The van der Waals surface area contributed by atoms with Crippen LogP contribution in [0.15, 0.2) is 36.7 Å². The molecule has 0 aliphatic rings. The summed E-state index contributed by atoms with van der Waals surface area (Å²) in [4.78, 5) is 21.6. The minimum absolute atomic E-state index is 0.0832. The van der Waals surface area contributed by atoms with Gasteiger partial charge in [0.2, 0.25) is 0 Å². The number of aliphatic hydroxyl groups excluding tert-OH is 1. The molecule has 29 heavy (non-hydrogen) atoms. The predicted molar refractivity (Wildman–Crippen MR) is 113 cm³/mol. The summed E-state index contributed by atoms with van der Waals surface area (Å²) in [6.07, 6.45) is 3.14. The van der Waals surface area contributed by atoms with Crippen molar-refractivity contribution in [3.8, 4) is 10.4 Å². The predicted octanol–water partition coefficient (Wildman–Crippen LogP) is 4.24. The van der Waals surface area contributed by atoms with Gasteiger partial charge >= 0.3 is 0 Å². The fourth-order valence-corrected chi connectivity index (χ4v) is 3.83. The van der Waals surface area contributed by atoms with Crippen molar-refractivity contribution in [2.24, 2.45) is 0 Å². The third kappa shape index (κ3) is 5.09. The maximum atomic E-state index is 13.7. The molecule has 0 spiro atoms. The highest BCUT2D eigenvalue weighted by atomic mass is 35.5. The molecule has 0 saturated carbocycles. The Hall–Kier alpha value is -2.55. The Labute approximate surface area is 176 Å². The van der Waals surface area contributed by atoms with E-state index in [1.54, 1.807) is 18.5 Å². The lowest BCUT2D eigenvalue weighted by Gasteiger charge is -2.10. The molecule has 3 N–H and O–H groups in total. The van der Waals surface area contributed by atoms with Crippen LogP contribution in [0.5, 0.6) is 0 Å². The van der Waals surface area contributed by atoms with E-state index >= 15 is 0 Å². The largest absolute Gasteiger partial charge is 0.392 e. The third-order valence-corrected chi connectivity index (χ3v) is 5.40. The number of nitrogens with zero attached hydrogens (tertiary/aromatic N) is 2. The number of rotatable bonds is 7. The number of pyridine rings is 1. The number of hydrogen-bond acceptors (Lipinski definition) is 6. The van der Waals surface area contributed by atoms with E-state index in [9.17, 15) is 14.3 Å². The van der Waals surface area contributed by atoms with E-state index in [1.165, 1.54) is 23.5 Å². The Morgan fingerprint density at radius 1 is 1.31 bits per heavy atom. The average Bonchev–Trinajstić information content (AvgIpc) is 3.17. The van der Waals surface area contributed by atoms with E-state index in [4.69, 9.17) is 11.6 Å². The number of halogens is 2. The molecule has 1 amide bonds. The second kappa shape index (κ2) is 9.30. The van der Waals surface area contributed by atoms with Crippen molar-refractivity contribution in [2.45, 2.75) is 33.0 Å². The van der Waals surface area contributed by atoms with Crippen LogP contribution in [0, 0.1) is 5.82 Å². The van der Waals surface area contributed by atoms with Gasteiger partial charge in [0.1, 0.15) is 11.6 Å². The Bertz CT molecular complexity index is 1030. The van der Waals surface area contributed by atoms with Gasteiger partial charge in [0, 0.05) is 36.1 Å². The first-order chi connectivity index (χ1) is 13.9. The molecule has 0 aliphatic heterocycles. The summed E-state index contributed by atoms with van der Waals surface area (Å²) in [6.45, 7) is 3.66. The van der Waals surface area contributed by atoms with Crippen LogP contribution in [0.3, 0.4) is 0 Å². The first-order valence-corrected chi connectivity index (χ1v) is 10.1. The molecule has 0 bridgehead atoms. The molecule has 0 saturated heterocycles. The summed E-state index contributed by atoms with van der Waals surface area (Å²) in [6, 6.07) is 6.49. The van der Waals surface area contributed by atoms with E-state index in [0.29, 0.717) is 16.4 Å². The highest BCUT2D eigenvalue weighted by molar-refractivity contribution is 7.17. The standard InChI is InChI=1S/C20H20ClFN4O2S/c1-11(2)26-18-6-13(15(21)8-23-18)17-9-25-20(29-17)19(28)24-7-12-4-3-5-16(22)14(12)10-27/h3-6,8-9,11,27H,7,10H2,1-2H3,(H,23,26)(H,24,28). The molecule has 1 aromatic carbocycles. The molecule has 0 atom stereocenters. The normalized spacial score (nSPS) is 11.0. The number of aromatic nitrogens is 2. The van der Waals surface area contributed by atoms with Crippen LogP contribution < -0.4 is 10.6 Å². The molecular formula is C20H20ClFN4O2S. The van der Waals surface area contributed by atoms with Crippen molar-refractivity contribution in [2.75, 3.05) is 5.32 Å². The zero-order valence-corrected chi connectivity index (χ0v) is 17.4. The molecule has 9 heteroatoms. The lowest BCUT2D eigenvalue weighted by atomic mass is 10.1. The Morgan fingerprint density at radius 2 is 2.10 bits per heavy atom. The van der Waals surface area contributed by atoms with Gasteiger partial charge in [-0.2, -0.15) is 0 Å². The average molecular weight is 435 g/mol. The molecule has 152 valence electrons. The molecule has 2 heterocycles. The molecule has 6 nitrogen and oxygen atoms in total. The molecule has 0 fully saturated rings. The first-order valence-electron chi connectivity index (χ1n) is 8.92. The van der Waals surface area contributed by atoms with Crippen molar-refractivity contribution < 1.29 is 14.3 Å². The fraction of sp³-hybridized carbons (Fsp3) is 0.250. The van der Waals surface area contributed by atoms with E-state index in [1.807, 2.05) is 19.9 Å². The van der Waals surface area contributed by atoms with Gasteiger partial charge in [-0.25, -0.2) is 14.4 Å². The highest BCUT2D eigenvalue weighted by Gasteiger charge is 2.16. The van der Waals surface area contributed by atoms with Crippen LogP contribution >= 0.6 is 22.9 Å². The number of amides is 1. The molecule has 0 radical (unpaired) electrons. The molecule has 3 rings (SSSR count). The van der Waals surface area contributed by atoms with Crippen molar-refractivity contribution in [1.29, 1.82) is 0 Å². The third-order valence-electron chi connectivity index (χ3n) is 4.07. The van der Waals surface area contributed by atoms with Gasteiger partial charge in [0.05, 0.1) is 16.5 Å². The summed E-state index contributed by atoms with van der Waals surface area (Å²) in [5.41, 5.74) is 1.41. The smallest absolute Gasteiger partial charge is 0.280 e. The van der Waals surface area contributed by atoms with Crippen LogP contribution in [-0.2, 0) is 13.2 Å². The van der Waals surface area contributed by atoms with Crippen LogP contribution in [0.2, 0.25) is 5.02 Å². The van der Waals surface area contributed by atoms with Crippen LogP contribution in [0.1, 0.15) is 34.8 Å². The van der Waals surface area contributed by atoms with Gasteiger partial charge in [-0.15, -0.1) is 11.3 Å². The summed E-state index contributed by atoms with van der Waals surface area (Å²) in [7, 11) is 0. The van der Waals surface area contributed by atoms with Crippen molar-refractivity contribution in [1.82, 2.24) is 15.3 Å². The monoisotopic (exact) mass is 434 g/mol. The second-order valence-corrected chi connectivity index (χ2v) is 8.03. The minimum atomic E-state index is -0.506. The Balaban J connectivity index is 1.75. The van der Waals surface area contributed by atoms with E-state index < -0.39 is 12.4 Å². The summed E-state index contributed by atoms with van der Waals surface area (Å²) < 4.78 is 13.7. The topological polar surface area (TPSA) is 87.1 Å². The molecule has 0 aliphatic carbocycles. The van der Waals surface area contributed by atoms with E-state index in [-0.39, 0.29) is 29.1 Å². The lowest BCUT2D eigenvalue weighted by Crippen LogP contribution is -2.23. The number of thiazole rings is 1. The number of anilines is 1. The zero-order chi connectivity index (χ0) is 21.0. The van der Waals surface area contributed by atoms with E-state index in [2.05, 4.69) is 20.6 Å². The number of hydrogen-bond donors (Lipinski definition) is 3. The van der Waals surface area contributed by atoms with Gasteiger partial charge in [0.25, 0.3) is 5.91 Å². The maximum absolute atomic E-state index is 13.7. The highest BCUT2D eigenvalue weighted by Crippen LogP contribution is 2.33. The van der Waals surface area contributed by atoms with Crippen molar-refractivity contribution in [3.63, 3.8) is 0 Å². The number of nitrogens with one attached hydrogen (secondary N) is 2. The second-order valence-electron chi connectivity index (χ2n) is 6.60. The maximum Gasteiger partial charge on any atom is 0.280 e. The van der Waals surface area contributed by atoms with Crippen LogP contribution in [0.25, 0.3) is 10.4 Å². The van der Waals surface area contributed by atoms with Crippen molar-refractivity contribution >= 4 is 34.7 Å². The molecular weight excluding hydrogens is 415 g/mol. The summed E-state index contributed by atoms with van der Waals surface area (Å²) in [5.74, 6) is -0.213. The Kier molecular flexibility index (Phi) is 6.79.